The van der Waals surface area contributed by atoms with Gasteiger partial charge in [0, 0.05) is 4.88 Å². The highest BCUT2D eigenvalue weighted by Gasteiger charge is 2.14. The molecule has 4 nitrogen and oxygen atoms in total. The number of carboxylic acid groups (broad SMARTS) is 1. The third kappa shape index (κ3) is 2.76. The summed E-state index contributed by atoms with van der Waals surface area (Å²) in [4.78, 5) is 16.6. The molecule has 2 aromatic heterocycles. The van der Waals surface area contributed by atoms with Gasteiger partial charge in [-0.1, -0.05) is 18.2 Å². The van der Waals surface area contributed by atoms with Crippen LogP contribution in [-0.2, 0) is 4.79 Å². The summed E-state index contributed by atoms with van der Waals surface area (Å²) in [5.41, 5.74) is 1.37. The maximum atomic E-state index is 11.3. The summed E-state index contributed by atoms with van der Waals surface area (Å²) in [5, 5.41) is 11.5. The van der Waals surface area contributed by atoms with Crippen LogP contribution in [0.25, 0.3) is 17.2 Å². The minimum Gasteiger partial charge on any atom is -0.477 e. The lowest BCUT2D eigenvalue weighted by Crippen LogP contribution is -1.96. The number of aromatic nitrogens is 1. The molecular formula is C14H9NO3S2. The number of nitrogens with zero attached hydrogens (tertiary/aromatic N) is 1. The number of para-hydroxylation sites is 2. The van der Waals surface area contributed by atoms with E-state index in [-0.39, 0.29) is 4.91 Å². The molecule has 0 aliphatic heterocycles. The molecule has 0 saturated carbocycles. The minimum atomic E-state index is -0.995. The first-order valence-corrected chi connectivity index (χ1v) is 7.44. The van der Waals surface area contributed by atoms with E-state index in [9.17, 15) is 9.90 Å². The minimum absolute atomic E-state index is 0.180. The Morgan fingerprint density at radius 3 is 2.85 bits per heavy atom. The Balaban J connectivity index is 1.92. The van der Waals surface area contributed by atoms with E-state index in [1.54, 1.807) is 12.1 Å². The maximum Gasteiger partial charge on any atom is 0.342 e. The third-order valence-corrected chi connectivity index (χ3v) is 4.18. The predicted octanol–water partition coefficient (Wildman–Crippen LogP) is 4.11. The molecule has 0 amide bonds. The number of hydrogen-bond donors (Lipinski definition) is 1. The van der Waals surface area contributed by atoms with Crippen molar-refractivity contribution in [1.82, 2.24) is 4.98 Å². The Kier molecular flexibility index (Phi) is 3.58. The number of benzene rings is 1. The number of fused-ring (bicyclic) bond motifs is 1. The van der Waals surface area contributed by atoms with Crippen LogP contribution in [0, 0.1) is 0 Å². The van der Waals surface area contributed by atoms with Gasteiger partial charge in [0.05, 0.1) is 0 Å². The van der Waals surface area contributed by atoms with Crippen LogP contribution in [0.2, 0.25) is 0 Å². The topological polar surface area (TPSA) is 63.3 Å². The molecule has 0 aliphatic rings. The molecule has 1 aromatic carbocycles. The highest BCUT2D eigenvalue weighted by Crippen LogP contribution is 2.31. The average Bonchev–Trinajstić information content (AvgIpc) is 3.05. The number of thioether (sulfide) groups is 1. The fourth-order valence-electron chi connectivity index (χ4n) is 1.63. The van der Waals surface area contributed by atoms with Crippen LogP contribution in [0.15, 0.2) is 56.3 Å². The summed E-state index contributed by atoms with van der Waals surface area (Å²) in [6.07, 6.45) is 1.62. The Labute approximate surface area is 122 Å². The van der Waals surface area contributed by atoms with Crippen molar-refractivity contribution in [3.8, 4) is 0 Å². The molecule has 3 rings (SSSR count). The van der Waals surface area contributed by atoms with Gasteiger partial charge in [0.25, 0.3) is 5.22 Å². The van der Waals surface area contributed by atoms with Gasteiger partial charge in [0.2, 0.25) is 0 Å². The Morgan fingerprint density at radius 2 is 2.15 bits per heavy atom. The lowest BCUT2D eigenvalue weighted by atomic mass is 10.3. The van der Waals surface area contributed by atoms with Crippen molar-refractivity contribution < 1.29 is 14.3 Å². The first-order valence-electron chi connectivity index (χ1n) is 5.74. The zero-order chi connectivity index (χ0) is 13.9. The van der Waals surface area contributed by atoms with E-state index >= 15 is 0 Å². The molecule has 0 aliphatic carbocycles. The molecule has 0 unspecified atom stereocenters. The number of rotatable bonds is 4. The number of carboxylic acids is 1. The van der Waals surface area contributed by atoms with Crippen molar-refractivity contribution in [2.75, 3.05) is 0 Å². The van der Waals surface area contributed by atoms with Crippen LogP contribution < -0.4 is 0 Å². The number of oxazole rings is 1. The van der Waals surface area contributed by atoms with Gasteiger partial charge in [-0.3, -0.25) is 0 Å². The van der Waals surface area contributed by atoms with Gasteiger partial charge in [0.1, 0.15) is 10.4 Å². The fraction of sp³-hybridized carbons (Fsp3) is 0. The molecule has 0 saturated heterocycles. The van der Waals surface area contributed by atoms with E-state index in [1.165, 1.54) is 11.3 Å². The second-order valence-electron chi connectivity index (χ2n) is 3.88. The van der Waals surface area contributed by atoms with Crippen molar-refractivity contribution in [3.63, 3.8) is 0 Å². The smallest absolute Gasteiger partial charge is 0.342 e. The van der Waals surface area contributed by atoms with Crippen LogP contribution in [0.3, 0.4) is 0 Å². The van der Waals surface area contributed by atoms with Crippen LogP contribution >= 0.6 is 23.1 Å². The normalized spacial score (nSPS) is 11.9. The van der Waals surface area contributed by atoms with E-state index in [4.69, 9.17) is 4.42 Å². The van der Waals surface area contributed by atoms with Crippen LogP contribution in [-0.4, -0.2) is 16.1 Å². The van der Waals surface area contributed by atoms with E-state index in [1.807, 2.05) is 35.7 Å². The van der Waals surface area contributed by atoms with Crippen LogP contribution in [0.1, 0.15) is 4.88 Å². The summed E-state index contributed by atoms with van der Waals surface area (Å²) >= 11 is 2.49. The van der Waals surface area contributed by atoms with Gasteiger partial charge in [0.15, 0.2) is 5.58 Å². The molecule has 0 fully saturated rings. The van der Waals surface area contributed by atoms with Gasteiger partial charge in [-0.25, -0.2) is 9.78 Å². The SMILES string of the molecule is O=C(O)/C(=C\c1cccs1)Sc1nc2ccccc2o1. The summed E-state index contributed by atoms with van der Waals surface area (Å²) < 4.78 is 5.52. The second-order valence-corrected chi connectivity index (χ2v) is 5.85. The number of carbonyl (C=O) groups is 1. The molecule has 0 bridgehead atoms. The maximum absolute atomic E-state index is 11.3. The monoisotopic (exact) mass is 303 g/mol. The molecule has 2 heterocycles. The van der Waals surface area contributed by atoms with Crippen LogP contribution in [0.4, 0.5) is 0 Å². The lowest BCUT2D eigenvalue weighted by molar-refractivity contribution is -0.131. The highest BCUT2D eigenvalue weighted by molar-refractivity contribution is 8.03. The van der Waals surface area contributed by atoms with Gasteiger partial charge in [-0.05, 0) is 41.4 Å². The van der Waals surface area contributed by atoms with E-state index in [2.05, 4.69) is 4.98 Å². The molecule has 100 valence electrons. The van der Waals surface area contributed by atoms with E-state index in [0.29, 0.717) is 10.8 Å². The molecule has 6 heteroatoms. The van der Waals surface area contributed by atoms with Gasteiger partial charge in [-0.2, -0.15) is 0 Å². The molecule has 1 N–H and O–H groups in total. The first-order chi connectivity index (χ1) is 9.72. The van der Waals surface area contributed by atoms with Crippen molar-refractivity contribution in [2.45, 2.75) is 5.22 Å². The average molecular weight is 303 g/mol. The second kappa shape index (κ2) is 5.52. The zero-order valence-electron chi connectivity index (χ0n) is 10.1. The quantitative estimate of drug-likeness (QED) is 0.580. The summed E-state index contributed by atoms with van der Waals surface area (Å²) in [6, 6.07) is 11.1. The Hall–Kier alpha value is -2.05. The van der Waals surface area contributed by atoms with Crippen molar-refractivity contribution >= 4 is 46.2 Å². The molecule has 0 spiro atoms. The Morgan fingerprint density at radius 1 is 1.30 bits per heavy atom. The van der Waals surface area contributed by atoms with Crippen molar-refractivity contribution in [2.24, 2.45) is 0 Å². The standard InChI is InChI=1S/C14H9NO3S2/c16-13(17)12(8-9-4-3-7-19-9)20-14-15-10-5-1-2-6-11(10)18-14/h1-8H,(H,16,17)/b12-8+. The largest absolute Gasteiger partial charge is 0.477 e. The first kappa shape index (κ1) is 13.0. The number of hydrogen-bond acceptors (Lipinski definition) is 5. The fourth-order valence-corrected chi connectivity index (χ4v) is 3.09. The van der Waals surface area contributed by atoms with E-state index < -0.39 is 5.97 Å². The predicted molar refractivity (Wildman–Crippen MR) is 79.8 cm³/mol. The summed E-state index contributed by atoms with van der Waals surface area (Å²) in [6.45, 7) is 0. The molecule has 0 atom stereocenters. The van der Waals surface area contributed by atoms with Gasteiger partial charge in [-0.15, -0.1) is 11.3 Å². The van der Waals surface area contributed by atoms with Gasteiger partial charge >= 0.3 is 5.97 Å². The van der Waals surface area contributed by atoms with Crippen LogP contribution in [0.5, 0.6) is 0 Å². The van der Waals surface area contributed by atoms with Crippen molar-refractivity contribution in [1.29, 1.82) is 0 Å². The number of aliphatic carboxylic acids is 1. The van der Waals surface area contributed by atoms with Gasteiger partial charge < -0.3 is 9.52 Å². The molecule has 3 aromatic rings. The highest BCUT2D eigenvalue weighted by atomic mass is 32.2. The van der Waals surface area contributed by atoms with Crippen molar-refractivity contribution in [3.05, 3.63) is 51.6 Å². The summed E-state index contributed by atoms with van der Waals surface area (Å²) in [7, 11) is 0. The molecule has 0 radical (unpaired) electrons. The lowest BCUT2D eigenvalue weighted by Gasteiger charge is -1.97. The Bertz CT molecular complexity index is 742. The number of thiophene rings is 1. The molecular weight excluding hydrogens is 294 g/mol. The van der Waals surface area contributed by atoms with E-state index in [0.717, 1.165) is 22.2 Å². The summed E-state index contributed by atoms with van der Waals surface area (Å²) in [5.74, 6) is -0.995. The zero-order valence-corrected chi connectivity index (χ0v) is 11.8. The molecule has 20 heavy (non-hydrogen) atoms. The third-order valence-electron chi connectivity index (χ3n) is 2.50.